The maximum Gasteiger partial charge on any atom is 0.180 e. The lowest BCUT2D eigenvalue weighted by atomic mass is 10.00. The van der Waals surface area contributed by atoms with Gasteiger partial charge in [-0.2, -0.15) is 0 Å². The van der Waals surface area contributed by atoms with Gasteiger partial charge in [0.05, 0.1) is 5.69 Å². The maximum absolute atomic E-state index is 5.81. The number of anilines is 2. The minimum absolute atomic E-state index is 0.666. The molecule has 0 unspecified atom stereocenters. The van der Waals surface area contributed by atoms with Crippen molar-refractivity contribution in [3.05, 3.63) is 52.9 Å². The quantitative estimate of drug-likeness (QED) is 0.608. The Labute approximate surface area is 134 Å². The lowest BCUT2D eigenvalue weighted by Crippen LogP contribution is -2.07. The predicted octanol–water partition coefficient (Wildman–Crippen LogP) is 4.03. The van der Waals surface area contributed by atoms with Crippen molar-refractivity contribution in [2.75, 3.05) is 24.7 Å². The molecule has 0 radical (unpaired) electrons. The molecule has 1 heterocycles. The van der Waals surface area contributed by atoms with Gasteiger partial charge in [-0.25, -0.2) is 4.98 Å². The second-order valence-corrected chi connectivity index (χ2v) is 6.93. The zero-order chi connectivity index (χ0) is 15.3. The molecule has 0 fully saturated rings. The third kappa shape index (κ3) is 2.07. The summed E-state index contributed by atoms with van der Waals surface area (Å²) in [6, 6.07) is 15.3. The standard InChI is InChI=1S/C18H17N3S/c1-21(2)14-6-3-11(4-7-14)12-5-8-15-13(9-12)10-16-17(15)20-18(19)22-16/h3-9H,10H2,1-2H3,(H2,19,20). The molecule has 0 saturated carbocycles. The highest BCUT2D eigenvalue weighted by Crippen LogP contribution is 2.41. The molecular formula is C18H17N3S. The largest absolute Gasteiger partial charge is 0.378 e. The minimum atomic E-state index is 0.666. The van der Waals surface area contributed by atoms with Crippen LogP contribution in [0.1, 0.15) is 10.4 Å². The molecule has 2 aromatic carbocycles. The number of nitrogens with zero attached hydrogens (tertiary/aromatic N) is 2. The third-order valence-electron chi connectivity index (χ3n) is 4.14. The van der Waals surface area contributed by atoms with Gasteiger partial charge in [-0.05, 0) is 28.8 Å². The number of nitrogen functional groups attached to an aromatic ring is 1. The van der Waals surface area contributed by atoms with Crippen LogP contribution in [0.3, 0.4) is 0 Å². The van der Waals surface area contributed by atoms with Crippen LogP contribution >= 0.6 is 11.3 Å². The molecule has 0 aliphatic heterocycles. The van der Waals surface area contributed by atoms with E-state index in [1.54, 1.807) is 11.3 Å². The Hall–Kier alpha value is -2.33. The van der Waals surface area contributed by atoms with Crippen molar-refractivity contribution in [1.82, 2.24) is 4.98 Å². The van der Waals surface area contributed by atoms with Crippen molar-refractivity contribution >= 4 is 22.2 Å². The number of benzene rings is 2. The summed E-state index contributed by atoms with van der Waals surface area (Å²) in [5.41, 5.74) is 13.2. The number of rotatable bonds is 2. The summed E-state index contributed by atoms with van der Waals surface area (Å²) < 4.78 is 0. The van der Waals surface area contributed by atoms with Crippen LogP contribution in [0.2, 0.25) is 0 Å². The normalized spacial score (nSPS) is 12.1. The molecule has 0 saturated heterocycles. The first-order valence-electron chi connectivity index (χ1n) is 7.28. The van der Waals surface area contributed by atoms with Crippen molar-refractivity contribution in [2.45, 2.75) is 6.42 Å². The Bertz CT molecular complexity index is 847. The van der Waals surface area contributed by atoms with E-state index < -0.39 is 0 Å². The van der Waals surface area contributed by atoms with Crippen LogP contribution in [0, 0.1) is 0 Å². The lowest BCUT2D eigenvalue weighted by Gasteiger charge is -2.13. The van der Waals surface area contributed by atoms with E-state index >= 15 is 0 Å². The maximum atomic E-state index is 5.81. The molecule has 0 atom stereocenters. The van der Waals surface area contributed by atoms with Gasteiger partial charge in [0.1, 0.15) is 0 Å². The van der Waals surface area contributed by atoms with Gasteiger partial charge in [0.15, 0.2) is 5.13 Å². The molecule has 1 aromatic heterocycles. The number of hydrogen-bond donors (Lipinski definition) is 1. The van der Waals surface area contributed by atoms with Gasteiger partial charge in [-0.3, -0.25) is 0 Å². The number of fused-ring (bicyclic) bond motifs is 3. The van der Waals surface area contributed by atoms with E-state index in [2.05, 4.69) is 66.4 Å². The van der Waals surface area contributed by atoms with Crippen LogP contribution < -0.4 is 10.6 Å². The molecule has 22 heavy (non-hydrogen) atoms. The Morgan fingerprint density at radius 2 is 1.77 bits per heavy atom. The third-order valence-corrected chi connectivity index (χ3v) is 5.03. The van der Waals surface area contributed by atoms with Crippen LogP contribution in [-0.2, 0) is 6.42 Å². The van der Waals surface area contributed by atoms with Crippen molar-refractivity contribution < 1.29 is 0 Å². The molecule has 110 valence electrons. The van der Waals surface area contributed by atoms with Crippen LogP contribution in [0.25, 0.3) is 22.4 Å². The molecule has 2 N–H and O–H groups in total. The zero-order valence-corrected chi connectivity index (χ0v) is 13.4. The molecule has 1 aliphatic rings. The fraction of sp³-hybridized carbons (Fsp3) is 0.167. The molecule has 3 nitrogen and oxygen atoms in total. The first-order valence-corrected chi connectivity index (χ1v) is 8.10. The van der Waals surface area contributed by atoms with Crippen molar-refractivity contribution in [2.24, 2.45) is 0 Å². The summed E-state index contributed by atoms with van der Waals surface area (Å²) in [6.07, 6.45) is 0.948. The van der Waals surface area contributed by atoms with Gasteiger partial charge in [0.2, 0.25) is 0 Å². The fourth-order valence-electron chi connectivity index (χ4n) is 2.98. The summed E-state index contributed by atoms with van der Waals surface area (Å²) in [6.45, 7) is 0. The highest BCUT2D eigenvalue weighted by atomic mass is 32.1. The summed E-state index contributed by atoms with van der Waals surface area (Å²) in [5.74, 6) is 0. The molecule has 1 aliphatic carbocycles. The van der Waals surface area contributed by atoms with E-state index in [0.717, 1.165) is 12.1 Å². The average Bonchev–Trinajstić information content (AvgIpc) is 3.02. The smallest absolute Gasteiger partial charge is 0.180 e. The average molecular weight is 307 g/mol. The van der Waals surface area contributed by atoms with Gasteiger partial charge < -0.3 is 10.6 Å². The Morgan fingerprint density at radius 1 is 1.05 bits per heavy atom. The number of thiazole rings is 1. The highest BCUT2D eigenvalue weighted by Gasteiger charge is 2.23. The van der Waals surface area contributed by atoms with Crippen LogP contribution in [0.5, 0.6) is 0 Å². The van der Waals surface area contributed by atoms with Crippen LogP contribution in [-0.4, -0.2) is 19.1 Å². The Balaban J connectivity index is 1.71. The Morgan fingerprint density at radius 3 is 2.50 bits per heavy atom. The second-order valence-electron chi connectivity index (χ2n) is 5.81. The Kier molecular flexibility index (Phi) is 2.94. The lowest BCUT2D eigenvalue weighted by molar-refractivity contribution is 1.13. The number of nitrogens with two attached hydrogens (primary N) is 1. The van der Waals surface area contributed by atoms with Crippen LogP contribution in [0.15, 0.2) is 42.5 Å². The summed E-state index contributed by atoms with van der Waals surface area (Å²) in [7, 11) is 4.11. The molecule has 0 spiro atoms. The number of hydrogen-bond acceptors (Lipinski definition) is 4. The molecule has 4 heteroatoms. The van der Waals surface area contributed by atoms with E-state index in [1.807, 2.05) is 0 Å². The highest BCUT2D eigenvalue weighted by molar-refractivity contribution is 7.15. The SMILES string of the molecule is CN(C)c1ccc(-c2ccc3c(c2)Cc2sc(N)nc2-3)cc1. The van der Waals surface area contributed by atoms with Gasteiger partial charge in [-0.1, -0.05) is 30.3 Å². The van der Waals surface area contributed by atoms with Crippen LogP contribution in [0.4, 0.5) is 10.8 Å². The van der Waals surface area contributed by atoms with Gasteiger partial charge >= 0.3 is 0 Å². The first kappa shape index (κ1) is 13.3. The van der Waals surface area contributed by atoms with Gasteiger partial charge in [0, 0.05) is 36.6 Å². The van der Waals surface area contributed by atoms with Crippen molar-refractivity contribution in [1.29, 1.82) is 0 Å². The van der Waals surface area contributed by atoms with Gasteiger partial charge in [0.25, 0.3) is 0 Å². The van der Waals surface area contributed by atoms with Crippen molar-refractivity contribution in [3.63, 3.8) is 0 Å². The summed E-state index contributed by atoms with van der Waals surface area (Å²) in [4.78, 5) is 7.85. The monoisotopic (exact) mass is 307 g/mol. The van der Waals surface area contributed by atoms with Gasteiger partial charge in [-0.15, -0.1) is 11.3 Å². The van der Waals surface area contributed by atoms with E-state index in [4.69, 9.17) is 5.73 Å². The minimum Gasteiger partial charge on any atom is -0.378 e. The first-order chi connectivity index (χ1) is 10.6. The summed E-state index contributed by atoms with van der Waals surface area (Å²) >= 11 is 1.60. The van der Waals surface area contributed by atoms with Crippen molar-refractivity contribution in [3.8, 4) is 22.4 Å². The predicted molar refractivity (Wildman–Crippen MR) is 94.5 cm³/mol. The summed E-state index contributed by atoms with van der Waals surface area (Å²) in [5, 5.41) is 0.666. The van der Waals surface area contributed by atoms with E-state index in [1.165, 1.54) is 32.8 Å². The molecule has 4 rings (SSSR count). The molecular weight excluding hydrogens is 290 g/mol. The van der Waals surface area contributed by atoms with E-state index in [0.29, 0.717) is 5.13 Å². The molecule has 0 amide bonds. The zero-order valence-electron chi connectivity index (χ0n) is 12.6. The fourth-order valence-corrected chi connectivity index (χ4v) is 3.85. The topological polar surface area (TPSA) is 42.1 Å². The molecule has 0 bridgehead atoms. The second kappa shape index (κ2) is 4.85. The van der Waals surface area contributed by atoms with E-state index in [9.17, 15) is 0 Å². The number of aromatic nitrogens is 1. The van der Waals surface area contributed by atoms with E-state index in [-0.39, 0.29) is 0 Å². The molecule has 3 aromatic rings.